The molecule has 0 saturated heterocycles. The molecule has 3 atom stereocenters. The SMILES string of the molecule is CC(=O)O[C@H]1C[C@@]2(C)CCC(C(C)C)=C2C[C@@H]1C(C)=O. The molecule has 3 heteroatoms. The Kier molecular flexibility index (Phi) is 4.08. The van der Waals surface area contributed by atoms with Gasteiger partial charge >= 0.3 is 5.97 Å². The molecular weight excluding hydrogens is 252 g/mol. The molecule has 0 aromatic heterocycles. The summed E-state index contributed by atoms with van der Waals surface area (Å²) in [7, 11) is 0. The van der Waals surface area contributed by atoms with Crippen molar-refractivity contribution in [3.63, 3.8) is 0 Å². The Hall–Kier alpha value is -1.12. The van der Waals surface area contributed by atoms with Gasteiger partial charge in [0, 0.05) is 6.92 Å². The average Bonchev–Trinajstić information content (AvgIpc) is 2.63. The first-order valence-corrected chi connectivity index (χ1v) is 7.64. The molecule has 0 bridgehead atoms. The monoisotopic (exact) mass is 278 g/mol. The highest BCUT2D eigenvalue weighted by atomic mass is 16.5. The van der Waals surface area contributed by atoms with E-state index in [-0.39, 0.29) is 29.2 Å². The third-order valence-electron chi connectivity index (χ3n) is 5.12. The minimum absolute atomic E-state index is 0.117. The second-order valence-electron chi connectivity index (χ2n) is 6.99. The Labute approximate surface area is 121 Å². The second-order valence-corrected chi connectivity index (χ2v) is 6.99. The van der Waals surface area contributed by atoms with Gasteiger partial charge in [0.2, 0.25) is 0 Å². The highest BCUT2D eigenvalue weighted by molar-refractivity contribution is 5.80. The van der Waals surface area contributed by atoms with E-state index in [1.54, 1.807) is 6.92 Å². The van der Waals surface area contributed by atoms with E-state index in [4.69, 9.17) is 4.74 Å². The summed E-state index contributed by atoms with van der Waals surface area (Å²) in [6.07, 6.45) is 3.57. The zero-order valence-corrected chi connectivity index (χ0v) is 13.3. The third-order valence-corrected chi connectivity index (χ3v) is 5.12. The van der Waals surface area contributed by atoms with E-state index in [0.29, 0.717) is 5.92 Å². The zero-order valence-electron chi connectivity index (χ0n) is 13.3. The van der Waals surface area contributed by atoms with Crippen LogP contribution < -0.4 is 0 Å². The highest BCUT2D eigenvalue weighted by Crippen LogP contribution is 2.54. The van der Waals surface area contributed by atoms with Gasteiger partial charge in [0.25, 0.3) is 0 Å². The van der Waals surface area contributed by atoms with Crippen molar-refractivity contribution in [3.8, 4) is 0 Å². The van der Waals surface area contributed by atoms with E-state index in [9.17, 15) is 9.59 Å². The minimum Gasteiger partial charge on any atom is -0.462 e. The van der Waals surface area contributed by atoms with Gasteiger partial charge in [-0.2, -0.15) is 0 Å². The van der Waals surface area contributed by atoms with Gasteiger partial charge in [0.05, 0.1) is 5.92 Å². The summed E-state index contributed by atoms with van der Waals surface area (Å²) in [6.45, 7) is 9.78. The van der Waals surface area contributed by atoms with Crippen molar-refractivity contribution >= 4 is 11.8 Å². The maximum absolute atomic E-state index is 11.9. The summed E-state index contributed by atoms with van der Waals surface area (Å²) in [5.41, 5.74) is 3.11. The lowest BCUT2D eigenvalue weighted by molar-refractivity contribution is -0.154. The number of hydrogen-bond acceptors (Lipinski definition) is 3. The molecule has 2 aliphatic carbocycles. The Morgan fingerprint density at radius 2 is 1.95 bits per heavy atom. The molecule has 2 rings (SSSR count). The lowest BCUT2D eigenvalue weighted by Crippen LogP contribution is -2.41. The molecule has 0 aromatic carbocycles. The average molecular weight is 278 g/mol. The maximum Gasteiger partial charge on any atom is 0.302 e. The number of ether oxygens (including phenoxy) is 1. The van der Waals surface area contributed by atoms with E-state index in [1.165, 1.54) is 18.1 Å². The summed E-state index contributed by atoms with van der Waals surface area (Å²) < 4.78 is 5.45. The largest absolute Gasteiger partial charge is 0.462 e. The van der Waals surface area contributed by atoms with Crippen LogP contribution in [0.2, 0.25) is 0 Å². The first-order valence-electron chi connectivity index (χ1n) is 7.64. The minimum atomic E-state index is -0.278. The first kappa shape index (κ1) is 15.3. The summed E-state index contributed by atoms with van der Waals surface area (Å²) in [4.78, 5) is 23.2. The van der Waals surface area contributed by atoms with Crippen LogP contribution in [-0.4, -0.2) is 17.9 Å². The zero-order chi connectivity index (χ0) is 15.1. The van der Waals surface area contributed by atoms with Gasteiger partial charge < -0.3 is 4.74 Å². The van der Waals surface area contributed by atoms with Crippen molar-refractivity contribution in [2.24, 2.45) is 17.3 Å². The summed E-state index contributed by atoms with van der Waals surface area (Å²) >= 11 is 0. The molecule has 0 aliphatic heterocycles. The molecule has 1 saturated carbocycles. The van der Waals surface area contributed by atoms with E-state index < -0.39 is 0 Å². The lowest BCUT2D eigenvalue weighted by Gasteiger charge is -2.41. The van der Waals surface area contributed by atoms with Crippen LogP contribution in [0.1, 0.15) is 60.3 Å². The summed E-state index contributed by atoms with van der Waals surface area (Å²) in [6, 6.07) is 0. The molecule has 0 amide bonds. The van der Waals surface area contributed by atoms with E-state index >= 15 is 0 Å². The highest BCUT2D eigenvalue weighted by Gasteiger charge is 2.47. The molecule has 1 fully saturated rings. The molecule has 0 unspecified atom stereocenters. The molecule has 0 spiro atoms. The second kappa shape index (κ2) is 5.34. The van der Waals surface area contributed by atoms with Crippen LogP contribution in [0.5, 0.6) is 0 Å². The number of Topliss-reactive ketones (excluding diaryl/α,β-unsaturated/α-hetero) is 1. The van der Waals surface area contributed by atoms with Crippen molar-refractivity contribution in [1.29, 1.82) is 0 Å². The number of fused-ring (bicyclic) bond motifs is 1. The van der Waals surface area contributed by atoms with Crippen molar-refractivity contribution in [1.82, 2.24) is 0 Å². The smallest absolute Gasteiger partial charge is 0.302 e. The molecule has 20 heavy (non-hydrogen) atoms. The van der Waals surface area contributed by atoms with Gasteiger partial charge in [0.1, 0.15) is 11.9 Å². The molecular formula is C17H26O3. The number of allylic oxidation sites excluding steroid dienone is 2. The fraction of sp³-hybridized carbons (Fsp3) is 0.765. The maximum atomic E-state index is 11.9. The third kappa shape index (κ3) is 2.68. The van der Waals surface area contributed by atoms with Crippen LogP contribution in [-0.2, 0) is 14.3 Å². The molecule has 112 valence electrons. The fourth-order valence-electron chi connectivity index (χ4n) is 4.02. The standard InChI is InChI=1S/C17H26O3/c1-10(2)13-6-7-17(5)9-16(20-12(4)19)14(11(3)18)8-15(13)17/h10,14,16H,6-9H2,1-5H3/t14-,16+,17-/m1/s1. The molecule has 0 N–H and O–H groups in total. The van der Waals surface area contributed by atoms with Gasteiger partial charge in [-0.25, -0.2) is 0 Å². The van der Waals surface area contributed by atoms with Gasteiger partial charge in [-0.3, -0.25) is 9.59 Å². The first-order chi connectivity index (χ1) is 9.24. The number of carbonyl (C=O) groups excluding carboxylic acids is 2. The normalized spacial score (nSPS) is 33.3. The lowest BCUT2D eigenvalue weighted by atomic mass is 9.66. The molecule has 3 nitrogen and oxygen atoms in total. The van der Waals surface area contributed by atoms with Crippen LogP contribution in [0.25, 0.3) is 0 Å². The van der Waals surface area contributed by atoms with E-state index in [2.05, 4.69) is 20.8 Å². The Bertz CT molecular complexity index is 461. The fourth-order valence-corrected chi connectivity index (χ4v) is 4.02. The number of carbonyl (C=O) groups is 2. The molecule has 0 radical (unpaired) electrons. The van der Waals surface area contributed by atoms with Gasteiger partial charge in [-0.1, -0.05) is 31.9 Å². The van der Waals surface area contributed by atoms with Crippen LogP contribution in [0, 0.1) is 17.3 Å². The van der Waals surface area contributed by atoms with Crippen molar-refractivity contribution in [2.75, 3.05) is 0 Å². The van der Waals surface area contributed by atoms with Crippen LogP contribution in [0.15, 0.2) is 11.1 Å². The number of hydrogen-bond donors (Lipinski definition) is 0. The summed E-state index contributed by atoms with van der Waals surface area (Å²) in [5.74, 6) is 0.249. The molecule has 0 aromatic rings. The molecule has 2 aliphatic rings. The number of esters is 1. The predicted molar refractivity (Wildman–Crippen MR) is 78.2 cm³/mol. The topological polar surface area (TPSA) is 43.4 Å². The predicted octanol–water partition coefficient (Wildman–Crippen LogP) is 3.67. The number of rotatable bonds is 3. The molecule has 0 heterocycles. The van der Waals surface area contributed by atoms with E-state index in [1.807, 2.05) is 0 Å². The van der Waals surface area contributed by atoms with Crippen LogP contribution >= 0.6 is 0 Å². The quantitative estimate of drug-likeness (QED) is 0.584. The van der Waals surface area contributed by atoms with E-state index in [0.717, 1.165) is 25.7 Å². The number of ketones is 1. The van der Waals surface area contributed by atoms with Gasteiger partial charge in [-0.05, 0) is 43.9 Å². The van der Waals surface area contributed by atoms with Crippen molar-refractivity contribution in [3.05, 3.63) is 11.1 Å². The van der Waals surface area contributed by atoms with Crippen molar-refractivity contribution < 1.29 is 14.3 Å². The Morgan fingerprint density at radius 3 is 2.45 bits per heavy atom. The Morgan fingerprint density at radius 1 is 1.30 bits per heavy atom. The van der Waals surface area contributed by atoms with Crippen LogP contribution in [0.4, 0.5) is 0 Å². The van der Waals surface area contributed by atoms with Gasteiger partial charge in [0.15, 0.2) is 0 Å². The van der Waals surface area contributed by atoms with Crippen LogP contribution in [0.3, 0.4) is 0 Å². The van der Waals surface area contributed by atoms with Crippen molar-refractivity contribution in [2.45, 2.75) is 66.4 Å². The van der Waals surface area contributed by atoms with Gasteiger partial charge in [-0.15, -0.1) is 0 Å². The summed E-state index contributed by atoms with van der Waals surface area (Å²) in [5, 5.41) is 0. The Balaban J connectivity index is 2.33.